The number of aliphatic hydroxyl groups excluding tert-OH is 1. The molecule has 0 saturated carbocycles. The Kier molecular flexibility index (Phi) is 5.03. The molecule has 1 atom stereocenters. The highest BCUT2D eigenvalue weighted by atomic mass is 35.5. The summed E-state index contributed by atoms with van der Waals surface area (Å²) in [7, 11) is 0. The molecule has 0 aliphatic heterocycles. The lowest BCUT2D eigenvalue weighted by atomic mass is 10.1. The minimum Gasteiger partial charge on any atom is -0.387 e. The Morgan fingerprint density at radius 1 is 1.24 bits per heavy atom. The smallest absolute Gasteiger partial charge is 0.142 e. The number of halogens is 3. The van der Waals surface area contributed by atoms with E-state index < -0.39 is 11.9 Å². The topological polar surface area (TPSA) is 56.0 Å². The normalized spacial score (nSPS) is 11.8. The number of hydrogen-bond donors (Lipinski definition) is 2. The van der Waals surface area contributed by atoms with Gasteiger partial charge in [-0.05, 0) is 35.9 Å². The van der Waals surface area contributed by atoms with Crippen LogP contribution in [0.15, 0.2) is 36.4 Å². The number of rotatable bonds is 4. The SMILES string of the molecule is N#Cc1ccc(Cl)cc1NCC(O)c1ccc(Cl)c(F)c1. The van der Waals surface area contributed by atoms with Crippen molar-refractivity contribution >= 4 is 28.9 Å². The van der Waals surface area contributed by atoms with Crippen molar-refractivity contribution < 1.29 is 9.50 Å². The molecule has 2 aromatic rings. The summed E-state index contributed by atoms with van der Waals surface area (Å²) in [5.74, 6) is -0.589. The van der Waals surface area contributed by atoms with Crippen LogP contribution < -0.4 is 5.32 Å². The van der Waals surface area contributed by atoms with E-state index in [0.29, 0.717) is 21.8 Å². The summed E-state index contributed by atoms with van der Waals surface area (Å²) in [5, 5.41) is 22.4. The van der Waals surface area contributed by atoms with Gasteiger partial charge in [-0.15, -0.1) is 0 Å². The molecule has 1 unspecified atom stereocenters. The van der Waals surface area contributed by atoms with Crippen molar-refractivity contribution in [2.24, 2.45) is 0 Å². The Morgan fingerprint density at radius 3 is 2.67 bits per heavy atom. The largest absolute Gasteiger partial charge is 0.387 e. The number of nitrogens with one attached hydrogen (secondary N) is 1. The third-order valence-corrected chi connectivity index (χ3v) is 3.46. The van der Waals surface area contributed by atoms with Crippen molar-refractivity contribution in [2.45, 2.75) is 6.10 Å². The van der Waals surface area contributed by atoms with Gasteiger partial charge in [0.05, 0.1) is 22.4 Å². The van der Waals surface area contributed by atoms with E-state index in [1.807, 2.05) is 6.07 Å². The first-order chi connectivity index (χ1) is 10.0. The van der Waals surface area contributed by atoms with Gasteiger partial charge in [-0.2, -0.15) is 5.26 Å². The van der Waals surface area contributed by atoms with E-state index >= 15 is 0 Å². The summed E-state index contributed by atoms with van der Waals surface area (Å²) in [6, 6.07) is 10.9. The molecule has 0 spiro atoms. The highest BCUT2D eigenvalue weighted by molar-refractivity contribution is 6.31. The van der Waals surface area contributed by atoms with Gasteiger partial charge in [0, 0.05) is 11.6 Å². The van der Waals surface area contributed by atoms with Gasteiger partial charge in [-0.25, -0.2) is 4.39 Å². The van der Waals surface area contributed by atoms with Crippen molar-refractivity contribution in [1.29, 1.82) is 5.26 Å². The van der Waals surface area contributed by atoms with Gasteiger partial charge in [0.1, 0.15) is 11.9 Å². The number of benzene rings is 2. The molecule has 0 bridgehead atoms. The summed E-state index contributed by atoms with van der Waals surface area (Å²) in [6.45, 7) is 0.107. The van der Waals surface area contributed by atoms with Crippen molar-refractivity contribution in [3.8, 4) is 6.07 Å². The van der Waals surface area contributed by atoms with Crippen LogP contribution in [0.5, 0.6) is 0 Å². The molecule has 0 heterocycles. The van der Waals surface area contributed by atoms with Crippen LogP contribution in [0.4, 0.5) is 10.1 Å². The Hall–Kier alpha value is -1.80. The lowest BCUT2D eigenvalue weighted by molar-refractivity contribution is 0.191. The molecule has 3 nitrogen and oxygen atoms in total. The minimum absolute atomic E-state index is 0.000479. The molecule has 0 aliphatic rings. The molecular weight excluding hydrogens is 314 g/mol. The van der Waals surface area contributed by atoms with Crippen LogP contribution in [0, 0.1) is 17.1 Å². The first-order valence-electron chi connectivity index (χ1n) is 6.08. The van der Waals surface area contributed by atoms with Gasteiger partial charge in [0.25, 0.3) is 0 Å². The van der Waals surface area contributed by atoms with Gasteiger partial charge < -0.3 is 10.4 Å². The molecule has 0 aromatic heterocycles. The maximum Gasteiger partial charge on any atom is 0.142 e. The van der Waals surface area contributed by atoms with Crippen molar-refractivity contribution in [1.82, 2.24) is 0 Å². The summed E-state index contributed by atoms with van der Waals surface area (Å²) in [6.07, 6.45) is -0.942. The molecule has 0 amide bonds. The summed E-state index contributed by atoms with van der Waals surface area (Å²) in [5.41, 5.74) is 1.32. The number of nitrogens with zero attached hydrogens (tertiary/aromatic N) is 1. The Bertz CT molecular complexity index is 701. The van der Waals surface area contributed by atoms with E-state index in [-0.39, 0.29) is 11.6 Å². The van der Waals surface area contributed by atoms with Gasteiger partial charge in [-0.1, -0.05) is 29.3 Å². The summed E-state index contributed by atoms with van der Waals surface area (Å²) >= 11 is 11.5. The third-order valence-electron chi connectivity index (χ3n) is 2.92. The quantitative estimate of drug-likeness (QED) is 0.888. The molecule has 0 saturated heterocycles. The van der Waals surface area contributed by atoms with Crippen molar-refractivity contribution in [2.75, 3.05) is 11.9 Å². The van der Waals surface area contributed by atoms with E-state index in [1.54, 1.807) is 24.3 Å². The molecule has 21 heavy (non-hydrogen) atoms. The van der Waals surface area contributed by atoms with Crippen LogP contribution in [-0.2, 0) is 0 Å². The second-order valence-corrected chi connectivity index (χ2v) is 5.22. The number of nitriles is 1. The highest BCUT2D eigenvalue weighted by Crippen LogP contribution is 2.23. The number of hydrogen-bond acceptors (Lipinski definition) is 3. The molecule has 0 aliphatic carbocycles. The second kappa shape index (κ2) is 6.77. The Morgan fingerprint density at radius 2 is 2.00 bits per heavy atom. The van der Waals surface area contributed by atoms with Crippen LogP contribution in [0.3, 0.4) is 0 Å². The maximum absolute atomic E-state index is 13.4. The molecule has 2 N–H and O–H groups in total. The first-order valence-corrected chi connectivity index (χ1v) is 6.83. The van der Waals surface area contributed by atoms with Crippen LogP contribution in [0.2, 0.25) is 10.0 Å². The predicted octanol–water partition coefficient (Wildman–Crippen LogP) is 4.15. The zero-order chi connectivity index (χ0) is 15.4. The van der Waals surface area contributed by atoms with Crippen LogP contribution >= 0.6 is 23.2 Å². The fraction of sp³-hybridized carbons (Fsp3) is 0.133. The van der Waals surface area contributed by atoms with Gasteiger partial charge in [0.2, 0.25) is 0 Å². The molecular formula is C15H11Cl2FN2O. The maximum atomic E-state index is 13.4. The van der Waals surface area contributed by atoms with Gasteiger partial charge in [0.15, 0.2) is 0 Å². The standard InChI is InChI=1S/C15H11Cl2FN2O/c16-11-3-1-10(7-19)14(6-11)20-8-15(21)9-2-4-12(17)13(18)5-9/h1-6,15,20-21H,8H2. The van der Waals surface area contributed by atoms with E-state index in [4.69, 9.17) is 28.5 Å². The second-order valence-electron chi connectivity index (χ2n) is 4.37. The van der Waals surface area contributed by atoms with Crippen LogP contribution in [-0.4, -0.2) is 11.7 Å². The average molecular weight is 325 g/mol. The van der Waals surface area contributed by atoms with E-state index in [1.165, 1.54) is 12.1 Å². The van der Waals surface area contributed by atoms with Gasteiger partial charge >= 0.3 is 0 Å². The van der Waals surface area contributed by atoms with Crippen molar-refractivity contribution in [3.63, 3.8) is 0 Å². The Labute approximate surface area is 131 Å². The summed E-state index contributed by atoms with van der Waals surface area (Å²) in [4.78, 5) is 0. The average Bonchev–Trinajstić information content (AvgIpc) is 2.47. The Balaban J connectivity index is 2.11. The van der Waals surface area contributed by atoms with Gasteiger partial charge in [-0.3, -0.25) is 0 Å². The fourth-order valence-corrected chi connectivity index (χ4v) is 2.09. The minimum atomic E-state index is -0.942. The zero-order valence-corrected chi connectivity index (χ0v) is 12.3. The lowest BCUT2D eigenvalue weighted by Gasteiger charge is -2.14. The van der Waals surface area contributed by atoms with E-state index in [9.17, 15) is 9.50 Å². The first kappa shape index (κ1) is 15.6. The lowest BCUT2D eigenvalue weighted by Crippen LogP contribution is -2.13. The number of aliphatic hydroxyl groups is 1. The van der Waals surface area contributed by atoms with Crippen LogP contribution in [0.25, 0.3) is 0 Å². The predicted molar refractivity (Wildman–Crippen MR) is 81.0 cm³/mol. The van der Waals surface area contributed by atoms with E-state index in [2.05, 4.69) is 5.32 Å². The molecule has 2 aromatic carbocycles. The number of anilines is 1. The summed E-state index contributed by atoms with van der Waals surface area (Å²) < 4.78 is 13.4. The van der Waals surface area contributed by atoms with Crippen molar-refractivity contribution in [3.05, 3.63) is 63.4 Å². The van der Waals surface area contributed by atoms with Crippen LogP contribution in [0.1, 0.15) is 17.2 Å². The third kappa shape index (κ3) is 3.85. The molecule has 108 valence electrons. The highest BCUT2D eigenvalue weighted by Gasteiger charge is 2.11. The molecule has 0 radical (unpaired) electrons. The zero-order valence-electron chi connectivity index (χ0n) is 10.8. The molecule has 6 heteroatoms. The monoisotopic (exact) mass is 324 g/mol. The molecule has 0 fully saturated rings. The fourth-order valence-electron chi connectivity index (χ4n) is 1.80. The van der Waals surface area contributed by atoms with E-state index in [0.717, 1.165) is 0 Å². The molecule has 2 rings (SSSR count).